The van der Waals surface area contributed by atoms with Gasteiger partial charge in [-0.05, 0) is 41.5 Å². The van der Waals surface area contributed by atoms with Gasteiger partial charge in [0.05, 0.1) is 23.1 Å². The number of nitrogens with zero attached hydrogens (tertiary/aromatic N) is 4. The number of pyridine rings is 1. The lowest BCUT2D eigenvalue weighted by molar-refractivity contribution is -0.141. The molecule has 5 rings (SSSR count). The first-order chi connectivity index (χ1) is 17.8. The van der Waals surface area contributed by atoms with E-state index in [0.717, 1.165) is 29.2 Å². The highest BCUT2D eigenvalue weighted by Gasteiger charge is 2.34. The number of hydrogen-bond acceptors (Lipinski definition) is 5. The molecular weight excluding hydrogens is 481 g/mol. The van der Waals surface area contributed by atoms with Gasteiger partial charge in [0, 0.05) is 50.5 Å². The van der Waals surface area contributed by atoms with Crippen LogP contribution in [0.15, 0.2) is 77.8 Å². The van der Waals surface area contributed by atoms with E-state index in [1.165, 1.54) is 6.07 Å². The smallest absolute Gasteiger partial charge is 0.433 e. The molecule has 3 heterocycles. The summed E-state index contributed by atoms with van der Waals surface area (Å²) in [7, 11) is 0. The second kappa shape index (κ2) is 10.1. The number of rotatable bonds is 4. The fraction of sp³-hybridized carbons (Fsp3) is 0.286. The van der Waals surface area contributed by atoms with Crippen molar-refractivity contribution in [1.29, 1.82) is 5.26 Å². The largest absolute Gasteiger partial charge is 0.494 e. The summed E-state index contributed by atoms with van der Waals surface area (Å²) in [5.41, 5.74) is 1.59. The minimum absolute atomic E-state index is 0.0363. The maximum atomic E-state index is 12.8. The second-order valence-corrected chi connectivity index (χ2v) is 9.14. The third kappa shape index (κ3) is 5.33. The third-order valence-corrected chi connectivity index (χ3v) is 6.71. The molecule has 0 spiro atoms. The number of ether oxygens (including phenoxy) is 1. The highest BCUT2D eigenvalue weighted by Crippen LogP contribution is 2.37. The number of carbonyl (C=O) groups excluding carboxylic acids is 1. The van der Waals surface area contributed by atoms with Crippen LogP contribution in [-0.2, 0) is 10.9 Å². The van der Waals surface area contributed by atoms with Crippen LogP contribution >= 0.6 is 0 Å². The van der Waals surface area contributed by atoms with Crippen molar-refractivity contribution in [3.63, 3.8) is 0 Å². The molecule has 2 aliphatic heterocycles. The van der Waals surface area contributed by atoms with Gasteiger partial charge in [0.25, 0.3) is 5.91 Å². The van der Waals surface area contributed by atoms with Gasteiger partial charge in [0.15, 0.2) is 0 Å². The molecule has 1 saturated heterocycles. The Balaban J connectivity index is 1.26. The molecule has 188 valence electrons. The third-order valence-electron chi connectivity index (χ3n) is 6.71. The summed E-state index contributed by atoms with van der Waals surface area (Å²) < 4.78 is 44.7. The van der Waals surface area contributed by atoms with Crippen LogP contribution in [0.3, 0.4) is 0 Å². The van der Waals surface area contributed by atoms with Gasteiger partial charge in [-0.15, -0.1) is 0 Å². The molecule has 1 aromatic heterocycles. The summed E-state index contributed by atoms with van der Waals surface area (Å²) in [6.07, 6.45) is 7.29. The number of aliphatic imine (C=N–C) groups is 1. The molecule has 2 unspecified atom stereocenters. The Labute approximate surface area is 212 Å². The normalized spacial score (nSPS) is 21.5. The number of aromatic nitrogens is 1. The zero-order chi connectivity index (χ0) is 26.0. The van der Waals surface area contributed by atoms with Crippen LogP contribution in [0.5, 0.6) is 0 Å². The number of halogens is 3. The summed E-state index contributed by atoms with van der Waals surface area (Å²) in [6, 6.07) is 11.6. The van der Waals surface area contributed by atoms with Crippen molar-refractivity contribution in [2.75, 3.05) is 13.1 Å². The molecule has 0 radical (unpaired) electrons. The number of piperidine rings is 1. The lowest BCUT2D eigenvalue weighted by Crippen LogP contribution is -2.41. The van der Waals surface area contributed by atoms with E-state index in [1.807, 2.05) is 36.6 Å². The molecule has 2 aromatic rings. The Kier molecular flexibility index (Phi) is 6.66. The van der Waals surface area contributed by atoms with Crippen LogP contribution < -0.4 is 0 Å². The Hall–Kier alpha value is -4.19. The SMILES string of the molecule is N#Cc1cccc(C2=CC3C=CN=CC3C(OC3CCN(C(=O)c4ccc(C(F)(F)F)nc4)CC3)=C2)c1. The first-order valence-electron chi connectivity index (χ1n) is 11.9. The zero-order valence-electron chi connectivity index (χ0n) is 19.7. The summed E-state index contributed by atoms with van der Waals surface area (Å²) in [6.45, 7) is 0.847. The van der Waals surface area contributed by atoms with Crippen molar-refractivity contribution >= 4 is 17.7 Å². The average molecular weight is 505 g/mol. The van der Waals surface area contributed by atoms with Crippen molar-refractivity contribution in [2.45, 2.75) is 25.1 Å². The van der Waals surface area contributed by atoms with Gasteiger partial charge in [0.2, 0.25) is 0 Å². The van der Waals surface area contributed by atoms with E-state index in [2.05, 4.69) is 22.1 Å². The predicted molar refractivity (Wildman–Crippen MR) is 131 cm³/mol. The standard InChI is InChI=1S/C28H23F3N4O2/c29-28(30,31)26-5-4-21(16-34-26)27(36)35-10-7-23(8-11-35)37-25-14-22(13-20-6-9-33-17-24(20)25)19-3-1-2-18(12-19)15-32/h1-6,9,12-14,16-17,20,23-24H,7-8,10-11H2. The van der Waals surface area contributed by atoms with Crippen LogP contribution in [-0.4, -0.2) is 41.2 Å². The Bertz CT molecular complexity index is 1340. The summed E-state index contributed by atoms with van der Waals surface area (Å²) in [5, 5.41) is 9.28. The Morgan fingerprint density at radius 1 is 1.16 bits per heavy atom. The van der Waals surface area contributed by atoms with E-state index in [1.54, 1.807) is 17.2 Å². The predicted octanol–water partition coefficient (Wildman–Crippen LogP) is 5.40. The second-order valence-electron chi connectivity index (χ2n) is 9.14. The number of allylic oxidation sites excluding steroid dienone is 5. The van der Waals surface area contributed by atoms with Crippen LogP contribution in [0.25, 0.3) is 5.57 Å². The van der Waals surface area contributed by atoms with Crippen LogP contribution in [0.2, 0.25) is 0 Å². The van der Waals surface area contributed by atoms with Gasteiger partial charge >= 0.3 is 6.18 Å². The molecular formula is C28H23F3N4O2. The minimum Gasteiger partial charge on any atom is -0.494 e. The van der Waals surface area contributed by atoms with Crippen molar-refractivity contribution in [3.8, 4) is 6.07 Å². The molecule has 6 nitrogen and oxygen atoms in total. The van der Waals surface area contributed by atoms with Crippen LogP contribution in [0, 0.1) is 23.2 Å². The number of fused-ring (bicyclic) bond motifs is 1. The molecule has 37 heavy (non-hydrogen) atoms. The number of benzene rings is 1. The number of nitriles is 1. The monoisotopic (exact) mass is 504 g/mol. The van der Waals surface area contributed by atoms with Crippen molar-refractivity contribution < 1.29 is 22.7 Å². The summed E-state index contributed by atoms with van der Waals surface area (Å²) >= 11 is 0. The van der Waals surface area contributed by atoms with Crippen molar-refractivity contribution in [3.05, 3.63) is 95.2 Å². The van der Waals surface area contributed by atoms with Gasteiger partial charge in [-0.1, -0.05) is 24.3 Å². The highest BCUT2D eigenvalue weighted by molar-refractivity contribution is 5.94. The molecule has 0 bridgehead atoms. The van der Waals surface area contributed by atoms with Gasteiger partial charge < -0.3 is 9.64 Å². The first-order valence-corrected chi connectivity index (χ1v) is 11.9. The van der Waals surface area contributed by atoms with Crippen LogP contribution in [0.4, 0.5) is 13.2 Å². The number of amides is 1. The number of hydrogen-bond donors (Lipinski definition) is 0. The van der Waals surface area contributed by atoms with Gasteiger partial charge in [-0.25, -0.2) is 0 Å². The van der Waals surface area contributed by atoms with Crippen LogP contribution in [0.1, 0.15) is 40.0 Å². The van der Waals surface area contributed by atoms with E-state index >= 15 is 0 Å². The first kappa shape index (κ1) is 24.5. The Morgan fingerprint density at radius 2 is 1.97 bits per heavy atom. The maximum Gasteiger partial charge on any atom is 0.433 e. The lowest BCUT2D eigenvalue weighted by atomic mass is 9.82. The quantitative estimate of drug-likeness (QED) is 0.558. The molecule has 1 amide bonds. The fourth-order valence-corrected chi connectivity index (χ4v) is 4.74. The van der Waals surface area contributed by atoms with E-state index in [-0.39, 0.29) is 29.4 Å². The summed E-state index contributed by atoms with van der Waals surface area (Å²) in [4.78, 5) is 22.1. The molecule has 1 aromatic carbocycles. The molecule has 0 saturated carbocycles. The van der Waals surface area contributed by atoms with E-state index < -0.39 is 11.9 Å². The summed E-state index contributed by atoms with van der Waals surface area (Å²) in [5.74, 6) is 0.483. The van der Waals surface area contributed by atoms with E-state index in [0.29, 0.717) is 31.5 Å². The number of alkyl halides is 3. The number of likely N-dealkylation sites (tertiary alicyclic amines) is 1. The molecule has 1 aliphatic carbocycles. The molecule has 2 atom stereocenters. The van der Waals surface area contributed by atoms with Crippen molar-refractivity contribution in [2.24, 2.45) is 16.8 Å². The van der Waals surface area contributed by atoms with Crippen molar-refractivity contribution in [1.82, 2.24) is 9.88 Å². The topological polar surface area (TPSA) is 78.6 Å². The zero-order valence-corrected chi connectivity index (χ0v) is 19.7. The van der Waals surface area contributed by atoms with E-state index in [9.17, 15) is 23.2 Å². The minimum atomic E-state index is -4.55. The molecule has 0 N–H and O–H groups in total. The average Bonchev–Trinajstić information content (AvgIpc) is 2.92. The lowest BCUT2D eigenvalue weighted by Gasteiger charge is -2.35. The molecule has 3 aliphatic rings. The highest BCUT2D eigenvalue weighted by atomic mass is 19.4. The fourth-order valence-electron chi connectivity index (χ4n) is 4.74. The molecule has 9 heteroatoms. The van der Waals surface area contributed by atoms with Gasteiger partial charge in [-0.2, -0.15) is 18.4 Å². The van der Waals surface area contributed by atoms with Gasteiger partial charge in [-0.3, -0.25) is 14.8 Å². The van der Waals surface area contributed by atoms with Gasteiger partial charge in [0.1, 0.15) is 17.6 Å². The number of carbonyl (C=O) groups is 1. The Morgan fingerprint density at radius 3 is 2.68 bits per heavy atom. The van der Waals surface area contributed by atoms with E-state index in [4.69, 9.17) is 4.74 Å². The maximum absolute atomic E-state index is 12.8. The molecule has 1 fully saturated rings.